The first kappa shape index (κ1) is 14.5. The van der Waals surface area contributed by atoms with E-state index in [1.54, 1.807) is 0 Å². The van der Waals surface area contributed by atoms with Gasteiger partial charge in [0.1, 0.15) is 6.29 Å². The fourth-order valence-electron chi connectivity index (χ4n) is 2.86. The molecule has 0 aliphatic carbocycles. The van der Waals surface area contributed by atoms with Crippen molar-refractivity contribution in [3.8, 4) is 0 Å². The van der Waals surface area contributed by atoms with Gasteiger partial charge in [-0.15, -0.1) is 0 Å². The summed E-state index contributed by atoms with van der Waals surface area (Å²) in [6.45, 7) is 8.26. The van der Waals surface area contributed by atoms with Gasteiger partial charge in [0.25, 0.3) is 0 Å². The van der Waals surface area contributed by atoms with Crippen LogP contribution in [0, 0.1) is 19.3 Å². The van der Waals surface area contributed by atoms with Crippen molar-refractivity contribution in [2.24, 2.45) is 5.41 Å². The fourth-order valence-corrected chi connectivity index (χ4v) is 2.86. The topological polar surface area (TPSA) is 17.1 Å². The minimum atomic E-state index is -0.432. The smallest absolute Gasteiger partial charge is 0.126 e. The number of benzene rings is 2. The first-order chi connectivity index (χ1) is 9.47. The maximum absolute atomic E-state index is 11.6. The average Bonchev–Trinajstić information content (AvgIpc) is 2.43. The average molecular weight is 266 g/mol. The van der Waals surface area contributed by atoms with Gasteiger partial charge in [-0.25, -0.2) is 0 Å². The van der Waals surface area contributed by atoms with Crippen molar-refractivity contribution in [2.45, 2.75) is 33.6 Å². The molecule has 0 aliphatic heterocycles. The van der Waals surface area contributed by atoms with Crippen LogP contribution < -0.4 is 0 Å². The lowest BCUT2D eigenvalue weighted by atomic mass is 9.70. The molecule has 0 saturated heterocycles. The predicted octanol–water partition coefficient (Wildman–Crippen LogP) is 4.66. The number of hydrogen-bond donors (Lipinski definition) is 0. The van der Waals surface area contributed by atoms with Crippen LogP contribution in [0.25, 0.3) is 0 Å². The van der Waals surface area contributed by atoms with Gasteiger partial charge in [0.2, 0.25) is 0 Å². The van der Waals surface area contributed by atoms with Crippen molar-refractivity contribution < 1.29 is 4.79 Å². The van der Waals surface area contributed by atoms with Crippen molar-refractivity contribution in [2.75, 3.05) is 0 Å². The Morgan fingerprint density at radius 1 is 0.850 bits per heavy atom. The van der Waals surface area contributed by atoms with Crippen molar-refractivity contribution in [1.29, 1.82) is 0 Å². The molecule has 1 heteroatoms. The van der Waals surface area contributed by atoms with E-state index >= 15 is 0 Å². The molecule has 0 saturated carbocycles. The lowest BCUT2D eigenvalue weighted by Gasteiger charge is -2.32. The molecule has 0 heterocycles. The molecule has 0 N–H and O–H groups in total. The monoisotopic (exact) mass is 266 g/mol. The second-order valence-corrected chi connectivity index (χ2v) is 6.09. The molecule has 0 radical (unpaired) electrons. The summed E-state index contributed by atoms with van der Waals surface area (Å²) in [5, 5.41) is 0. The molecule has 0 aliphatic rings. The summed E-state index contributed by atoms with van der Waals surface area (Å²) in [5.41, 5.74) is 4.50. The zero-order valence-electron chi connectivity index (χ0n) is 12.7. The molecular formula is C19H22O. The summed E-state index contributed by atoms with van der Waals surface area (Å²) in [6.07, 6.45) is 1.08. The van der Waals surface area contributed by atoms with E-state index in [0.717, 1.165) is 6.29 Å². The van der Waals surface area contributed by atoms with E-state index in [-0.39, 0.29) is 5.92 Å². The fraction of sp³-hybridized carbons (Fsp3) is 0.316. The van der Waals surface area contributed by atoms with Crippen LogP contribution in [0.5, 0.6) is 0 Å². The number of rotatable bonds is 4. The van der Waals surface area contributed by atoms with Crippen LogP contribution in [0.2, 0.25) is 0 Å². The Kier molecular flexibility index (Phi) is 4.08. The van der Waals surface area contributed by atoms with Crippen LogP contribution >= 0.6 is 0 Å². The molecule has 0 atom stereocenters. The Morgan fingerprint density at radius 3 is 1.60 bits per heavy atom. The van der Waals surface area contributed by atoms with Gasteiger partial charge in [-0.3, -0.25) is 0 Å². The highest BCUT2D eigenvalue weighted by molar-refractivity contribution is 5.63. The van der Waals surface area contributed by atoms with Crippen molar-refractivity contribution in [3.05, 3.63) is 70.8 Å². The van der Waals surface area contributed by atoms with Gasteiger partial charge in [-0.1, -0.05) is 62.4 Å². The minimum absolute atomic E-state index is 0.0856. The molecule has 0 aromatic heterocycles. The van der Waals surface area contributed by atoms with E-state index in [4.69, 9.17) is 0 Å². The van der Waals surface area contributed by atoms with Crippen LogP contribution in [0.3, 0.4) is 0 Å². The van der Waals surface area contributed by atoms with E-state index in [2.05, 4.69) is 50.2 Å². The Morgan fingerprint density at radius 2 is 1.25 bits per heavy atom. The molecule has 20 heavy (non-hydrogen) atoms. The lowest BCUT2D eigenvalue weighted by molar-refractivity contribution is -0.115. The van der Waals surface area contributed by atoms with Crippen molar-refractivity contribution >= 4 is 6.29 Å². The molecule has 0 unspecified atom stereocenters. The zero-order chi connectivity index (χ0) is 14.8. The Hall–Kier alpha value is -1.89. The molecule has 0 spiro atoms. The second-order valence-electron chi connectivity index (χ2n) is 6.09. The van der Waals surface area contributed by atoms with Crippen LogP contribution in [0.1, 0.15) is 42.0 Å². The first-order valence-electron chi connectivity index (χ1n) is 7.05. The van der Waals surface area contributed by atoms with Gasteiger partial charge >= 0.3 is 0 Å². The van der Waals surface area contributed by atoms with E-state index in [1.807, 2.05) is 26.0 Å². The predicted molar refractivity (Wildman–Crippen MR) is 84.0 cm³/mol. The van der Waals surface area contributed by atoms with E-state index in [9.17, 15) is 4.79 Å². The Balaban J connectivity index is 2.67. The molecule has 2 aromatic carbocycles. The van der Waals surface area contributed by atoms with Crippen LogP contribution in [-0.4, -0.2) is 6.29 Å². The summed E-state index contributed by atoms with van der Waals surface area (Å²) in [5.74, 6) is 0.0856. The van der Waals surface area contributed by atoms with Crippen LogP contribution in [0.15, 0.2) is 48.5 Å². The van der Waals surface area contributed by atoms with Crippen molar-refractivity contribution in [1.82, 2.24) is 0 Å². The molecule has 1 nitrogen and oxygen atoms in total. The molecule has 0 bridgehead atoms. The van der Waals surface area contributed by atoms with Gasteiger partial charge < -0.3 is 4.79 Å². The normalized spacial score (nSPS) is 11.7. The standard InChI is InChI=1S/C19H22O/c1-14-9-5-7-11-16(14)18(19(3,4)13-20)17-12-8-6-10-15(17)2/h5-13,18H,1-4H3. The largest absolute Gasteiger partial charge is 0.303 e. The molecule has 0 amide bonds. The van der Waals surface area contributed by atoms with E-state index in [0.29, 0.717) is 0 Å². The number of aryl methyl sites for hydroxylation is 2. The van der Waals surface area contributed by atoms with E-state index < -0.39 is 5.41 Å². The third-order valence-electron chi connectivity index (χ3n) is 4.05. The maximum atomic E-state index is 11.6. The first-order valence-corrected chi connectivity index (χ1v) is 7.05. The number of carbonyl (C=O) groups excluding carboxylic acids is 1. The minimum Gasteiger partial charge on any atom is -0.303 e. The highest BCUT2D eigenvalue weighted by Gasteiger charge is 2.33. The summed E-state index contributed by atoms with van der Waals surface area (Å²) >= 11 is 0. The van der Waals surface area contributed by atoms with Gasteiger partial charge in [-0.2, -0.15) is 0 Å². The summed E-state index contributed by atoms with van der Waals surface area (Å²) in [4.78, 5) is 11.6. The summed E-state index contributed by atoms with van der Waals surface area (Å²) < 4.78 is 0. The molecule has 2 aromatic rings. The molecule has 104 valence electrons. The van der Waals surface area contributed by atoms with E-state index in [1.165, 1.54) is 22.3 Å². The quantitative estimate of drug-likeness (QED) is 0.735. The summed E-state index contributed by atoms with van der Waals surface area (Å²) in [7, 11) is 0. The van der Waals surface area contributed by atoms with Gasteiger partial charge in [-0.05, 0) is 36.1 Å². The highest BCUT2D eigenvalue weighted by Crippen LogP contribution is 2.41. The van der Waals surface area contributed by atoms with Gasteiger partial charge in [0.05, 0.1) is 0 Å². The van der Waals surface area contributed by atoms with Gasteiger partial charge in [0, 0.05) is 11.3 Å². The summed E-state index contributed by atoms with van der Waals surface area (Å²) in [6, 6.07) is 16.7. The molecule has 2 rings (SSSR count). The Labute approximate surface area is 121 Å². The Bertz CT molecular complexity index is 565. The SMILES string of the molecule is Cc1ccccc1C(c1ccccc1C)C(C)(C)C=O. The molecular weight excluding hydrogens is 244 g/mol. The third-order valence-corrected chi connectivity index (χ3v) is 4.05. The van der Waals surface area contributed by atoms with Crippen LogP contribution in [-0.2, 0) is 4.79 Å². The highest BCUT2D eigenvalue weighted by atomic mass is 16.1. The second kappa shape index (κ2) is 5.62. The lowest BCUT2D eigenvalue weighted by Crippen LogP contribution is -2.26. The zero-order valence-corrected chi connectivity index (χ0v) is 12.7. The van der Waals surface area contributed by atoms with Crippen LogP contribution in [0.4, 0.5) is 0 Å². The molecule has 0 fully saturated rings. The van der Waals surface area contributed by atoms with Gasteiger partial charge in [0.15, 0.2) is 0 Å². The third kappa shape index (κ3) is 2.67. The number of aldehydes is 1. The number of carbonyl (C=O) groups is 1. The maximum Gasteiger partial charge on any atom is 0.126 e. The van der Waals surface area contributed by atoms with Crippen molar-refractivity contribution in [3.63, 3.8) is 0 Å². The number of hydrogen-bond acceptors (Lipinski definition) is 1.